The summed E-state index contributed by atoms with van der Waals surface area (Å²) in [6.07, 6.45) is 0. The molecule has 0 aliphatic carbocycles. The molecule has 1 aliphatic heterocycles. The van der Waals surface area contributed by atoms with Gasteiger partial charge in [-0.25, -0.2) is 0 Å². The second-order valence-electron chi connectivity index (χ2n) is 3.64. The Labute approximate surface area is 83.1 Å². The highest BCUT2D eigenvalue weighted by Crippen LogP contribution is 2.20. The highest BCUT2D eigenvalue weighted by molar-refractivity contribution is 7.99. The van der Waals surface area contributed by atoms with Crippen LogP contribution in [0.15, 0.2) is 0 Å². The Kier molecular flexibility index (Phi) is 3.21. The van der Waals surface area contributed by atoms with Gasteiger partial charge in [0.1, 0.15) is 5.41 Å². The van der Waals surface area contributed by atoms with Crippen LogP contribution in [0.2, 0.25) is 0 Å². The molecule has 0 radical (unpaired) electrons. The third kappa shape index (κ3) is 2.38. The molecule has 0 N–H and O–H groups in total. The molecule has 0 aromatic heterocycles. The van der Waals surface area contributed by atoms with Crippen LogP contribution in [0.1, 0.15) is 13.8 Å². The topological polar surface area (TPSA) is 44.1 Å². The molecule has 1 fully saturated rings. The van der Waals surface area contributed by atoms with Crippen molar-refractivity contribution in [2.75, 3.05) is 24.6 Å². The van der Waals surface area contributed by atoms with Gasteiger partial charge in [-0.1, -0.05) is 0 Å². The standard InChI is InChI=1S/C9H14N2OS/c1-9(2,7-10)8(12)11-3-5-13-6-4-11/h3-6H2,1-2H3. The summed E-state index contributed by atoms with van der Waals surface area (Å²) in [5.41, 5.74) is -0.859. The molecule has 0 atom stereocenters. The van der Waals surface area contributed by atoms with Gasteiger partial charge in [0, 0.05) is 24.6 Å². The normalized spacial score (nSPS) is 18.1. The molecule has 0 bridgehead atoms. The van der Waals surface area contributed by atoms with Crippen LogP contribution in [0.25, 0.3) is 0 Å². The van der Waals surface area contributed by atoms with Gasteiger partial charge in [0.2, 0.25) is 5.91 Å². The maximum Gasteiger partial charge on any atom is 0.242 e. The third-order valence-electron chi connectivity index (χ3n) is 2.11. The van der Waals surface area contributed by atoms with Gasteiger partial charge in [0.05, 0.1) is 6.07 Å². The number of rotatable bonds is 1. The zero-order chi connectivity index (χ0) is 9.90. The van der Waals surface area contributed by atoms with Gasteiger partial charge in [-0.3, -0.25) is 4.79 Å². The number of nitrogens with zero attached hydrogens (tertiary/aromatic N) is 2. The van der Waals surface area contributed by atoms with Crippen molar-refractivity contribution >= 4 is 17.7 Å². The Morgan fingerprint density at radius 2 is 2.00 bits per heavy atom. The van der Waals surface area contributed by atoms with Crippen molar-refractivity contribution in [3.05, 3.63) is 0 Å². The molecule has 0 spiro atoms. The van der Waals surface area contributed by atoms with E-state index >= 15 is 0 Å². The third-order valence-corrected chi connectivity index (χ3v) is 3.05. The molecular weight excluding hydrogens is 184 g/mol. The van der Waals surface area contributed by atoms with Gasteiger partial charge in [0.25, 0.3) is 0 Å². The Hall–Kier alpha value is -0.690. The SMILES string of the molecule is CC(C)(C#N)C(=O)N1CCSCC1. The van der Waals surface area contributed by atoms with Crippen LogP contribution in [0.5, 0.6) is 0 Å². The molecule has 1 heterocycles. The van der Waals surface area contributed by atoms with E-state index in [4.69, 9.17) is 5.26 Å². The number of thioether (sulfide) groups is 1. The van der Waals surface area contributed by atoms with Crippen LogP contribution in [0.4, 0.5) is 0 Å². The van der Waals surface area contributed by atoms with Gasteiger partial charge in [-0.2, -0.15) is 17.0 Å². The largest absolute Gasteiger partial charge is 0.340 e. The Bertz CT molecular complexity index is 238. The molecule has 1 rings (SSSR count). The molecule has 72 valence electrons. The first-order valence-electron chi connectivity index (χ1n) is 4.36. The highest BCUT2D eigenvalue weighted by atomic mass is 32.2. The number of carbonyl (C=O) groups is 1. The van der Waals surface area contributed by atoms with Crippen molar-refractivity contribution in [3.63, 3.8) is 0 Å². The lowest BCUT2D eigenvalue weighted by molar-refractivity contribution is -0.137. The van der Waals surface area contributed by atoms with E-state index in [-0.39, 0.29) is 5.91 Å². The van der Waals surface area contributed by atoms with E-state index in [0.29, 0.717) is 0 Å². The number of hydrogen-bond donors (Lipinski definition) is 0. The molecule has 13 heavy (non-hydrogen) atoms. The van der Waals surface area contributed by atoms with Gasteiger partial charge in [-0.15, -0.1) is 0 Å². The average Bonchev–Trinajstić information content (AvgIpc) is 2.18. The van der Waals surface area contributed by atoms with E-state index in [9.17, 15) is 4.79 Å². The summed E-state index contributed by atoms with van der Waals surface area (Å²) < 4.78 is 0. The molecule has 0 unspecified atom stereocenters. The van der Waals surface area contributed by atoms with Gasteiger partial charge < -0.3 is 4.90 Å². The van der Waals surface area contributed by atoms with Crippen LogP contribution >= 0.6 is 11.8 Å². The Balaban J connectivity index is 2.61. The molecule has 0 aromatic rings. The van der Waals surface area contributed by atoms with Gasteiger partial charge >= 0.3 is 0 Å². The maximum absolute atomic E-state index is 11.7. The number of carbonyl (C=O) groups excluding carboxylic acids is 1. The fourth-order valence-electron chi connectivity index (χ4n) is 1.21. The van der Waals surface area contributed by atoms with Crippen LogP contribution in [0, 0.1) is 16.7 Å². The second kappa shape index (κ2) is 4.01. The number of hydrogen-bond acceptors (Lipinski definition) is 3. The Morgan fingerprint density at radius 1 is 1.46 bits per heavy atom. The van der Waals surface area contributed by atoms with Crippen molar-refractivity contribution < 1.29 is 4.79 Å². The van der Waals surface area contributed by atoms with Gasteiger partial charge in [0.15, 0.2) is 0 Å². The summed E-state index contributed by atoms with van der Waals surface area (Å²) in [6, 6.07) is 2.04. The molecular formula is C9H14N2OS. The van der Waals surface area contributed by atoms with Crippen LogP contribution < -0.4 is 0 Å². The fourth-order valence-corrected chi connectivity index (χ4v) is 2.11. The Morgan fingerprint density at radius 3 is 2.46 bits per heavy atom. The smallest absolute Gasteiger partial charge is 0.242 e. The van der Waals surface area contributed by atoms with Crippen molar-refractivity contribution in [2.45, 2.75) is 13.8 Å². The maximum atomic E-state index is 11.7. The lowest BCUT2D eigenvalue weighted by Gasteiger charge is -2.30. The summed E-state index contributed by atoms with van der Waals surface area (Å²) in [4.78, 5) is 13.5. The first-order chi connectivity index (χ1) is 6.08. The van der Waals surface area contributed by atoms with E-state index in [1.54, 1.807) is 18.7 Å². The molecule has 1 aliphatic rings. The molecule has 0 saturated carbocycles. The molecule has 3 nitrogen and oxygen atoms in total. The van der Waals surface area contributed by atoms with Crippen molar-refractivity contribution in [1.29, 1.82) is 5.26 Å². The monoisotopic (exact) mass is 198 g/mol. The quantitative estimate of drug-likeness (QED) is 0.634. The lowest BCUT2D eigenvalue weighted by atomic mass is 9.94. The number of amides is 1. The van der Waals surface area contributed by atoms with Gasteiger partial charge in [-0.05, 0) is 13.8 Å². The zero-order valence-corrected chi connectivity index (χ0v) is 8.86. The van der Waals surface area contributed by atoms with Crippen LogP contribution in [-0.4, -0.2) is 35.4 Å². The van der Waals surface area contributed by atoms with E-state index in [0.717, 1.165) is 24.6 Å². The predicted molar refractivity (Wildman–Crippen MR) is 53.3 cm³/mol. The number of nitriles is 1. The zero-order valence-electron chi connectivity index (χ0n) is 8.04. The van der Waals surface area contributed by atoms with Crippen molar-refractivity contribution in [1.82, 2.24) is 4.90 Å². The summed E-state index contributed by atoms with van der Waals surface area (Å²) in [5, 5.41) is 8.79. The van der Waals surface area contributed by atoms with Crippen molar-refractivity contribution in [3.8, 4) is 6.07 Å². The van der Waals surface area contributed by atoms with Crippen molar-refractivity contribution in [2.24, 2.45) is 5.41 Å². The lowest BCUT2D eigenvalue weighted by Crippen LogP contribution is -2.44. The van der Waals surface area contributed by atoms with Crippen LogP contribution in [-0.2, 0) is 4.79 Å². The summed E-state index contributed by atoms with van der Waals surface area (Å²) in [7, 11) is 0. The summed E-state index contributed by atoms with van der Waals surface area (Å²) in [5.74, 6) is 1.95. The van der Waals surface area contributed by atoms with E-state index < -0.39 is 5.41 Å². The minimum atomic E-state index is -0.859. The summed E-state index contributed by atoms with van der Waals surface area (Å²) >= 11 is 1.86. The molecule has 4 heteroatoms. The van der Waals surface area contributed by atoms with E-state index in [1.165, 1.54) is 0 Å². The summed E-state index contributed by atoms with van der Waals surface area (Å²) in [6.45, 7) is 4.93. The minimum absolute atomic E-state index is 0.0321. The van der Waals surface area contributed by atoms with E-state index in [1.807, 2.05) is 17.8 Å². The fraction of sp³-hybridized carbons (Fsp3) is 0.778. The van der Waals surface area contributed by atoms with E-state index in [2.05, 4.69) is 0 Å². The molecule has 0 aromatic carbocycles. The average molecular weight is 198 g/mol. The second-order valence-corrected chi connectivity index (χ2v) is 4.87. The molecule has 1 amide bonds. The predicted octanol–water partition coefficient (Wildman–Crippen LogP) is 1.11. The first kappa shape index (κ1) is 10.4. The van der Waals surface area contributed by atoms with Crippen LogP contribution in [0.3, 0.4) is 0 Å². The first-order valence-corrected chi connectivity index (χ1v) is 5.52. The molecule has 1 saturated heterocycles. The minimum Gasteiger partial charge on any atom is -0.340 e. The highest BCUT2D eigenvalue weighted by Gasteiger charge is 2.32.